The second-order valence-corrected chi connectivity index (χ2v) is 6.63. The molecule has 3 rings (SSSR count). The zero-order valence-corrected chi connectivity index (χ0v) is 13.1. The molecule has 1 aromatic carbocycles. The van der Waals surface area contributed by atoms with Gasteiger partial charge in [0, 0.05) is 6.54 Å². The van der Waals surface area contributed by atoms with Gasteiger partial charge in [0.2, 0.25) is 0 Å². The molecule has 2 unspecified atom stereocenters. The van der Waals surface area contributed by atoms with E-state index in [9.17, 15) is 5.11 Å². The van der Waals surface area contributed by atoms with E-state index in [4.69, 9.17) is 0 Å². The second kappa shape index (κ2) is 6.47. The van der Waals surface area contributed by atoms with Crippen LogP contribution < -0.4 is 5.32 Å². The quantitative estimate of drug-likeness (QED) is 0.897. The van der Waals surface area contributed by atoms with E-state index in [1.165, 1.54) is 17.5 Å². The van der Waals surface area contributed by atoms with Crippen molar-refractivity contribution in [3.8, 4) is 0 Å². The van der Waals surface area contributed by atoms with Gasteiger partial charge in [-0.3, -0.25) is 0 Å². The van der Waals surface area contributed by atoms with Crippen molar-refractivity contribution in [2.45, 2.75) is 50.7 Å². The van der Waals surface area contributed by atoms with E-state index in [0.717, 1.165) is 51.9 Å². The zero-order valence-electron chi connectivity index (χ0n) is 13.1. The molecule has 3 heteroatoms. The standard InChI is InChI=1S/C18H28N2O/c1-2-12-20-13-5-9-18(21,10-14-20)17-16-7-4-3-6-15(16)8-11-19-17/h3-4,6-7,17,19,21H,2,5,8-14H2,1H3. The van der Waals surface area contributed by atoms with E-state index < -0.39 is 5.60 Å². The number of nitrogens with one attached hydrogen (secondary N) is 1. The van der Waals surface area contributed by atoms with Crippen molar-refractivity contribution in [1.29, 1.82) is 0 Å². The summed E-state index contributed by atoms with van der Waals surface area (Å²) in [6, 6.07) is 8.72. The van der Waals surface area contributed by atoms with Crippen molar-refractivity contribution in [2.24, 2.45) is 0 Å². The van der Waals surface area contributed by atoms with Crippen molar-refractivity contribution >= 4 is 0 Å². The molecule has 2 atom stereocenters. The molecule has 3 nitrogen and oxygen atoms in total. The molecule has 1 aromatic rings. The van der Waals surface area contributed by atoms with Gasteiger partial charge in [0.25, 0.3) is 0 Å². The van der Waals surface area contributed by atoms with Gasteiger partial charge >= 0.3 is 0 Å². The van der Waals surface area contributed by atoms with Gasteiger partial charge in [-0.2, -0.15) is 0 Å². The highest BCUT2D eigenvalue weighted by Gasteiger charge is 2.40. The predicted octanol–water partition coefficient (Wildman–Crippen LogP) is 2.50. The minimum Gasteiger partial charge on any atom is -0.388 e. The summed E-state index contributed by atoms with van der Waals surface area (Å²) in [5, 5.41) is 14.9. The van der Waals surface area contributed by atoms with Gasteiger partial charge in [0.05, 0.1) is 11.6 Å². The van der Waals surface area contributed by atoms with Crippen LogP contribution in [0.1, 0.15) is 49.8 Å². The van der Waals surface area contributed by atoms with E-state index in [-0.39, 0.29) is 6.04 Å². The Morgan fingerprint density at radius 3 is 3.00 bits per heavy atom. The molecular weight excluding hydrogens is 260 g/mol. The minimum atomic E-state index is -0.598. The van der Waals surface area contributed by atoms with Crippen LogP contribution in [0.3, 0.4) is 0 Å². The summed E-state index contributed by atoms with van der Waals surface area (Å²) in [6.07, 6.45) is 5.14. The molecule has 0 amide bonds. The first-order chi connectivity index (χ1) is 10.2. The van der Waals surface area contributed by atoms with Crippen molar-refractivity contribution < 1.29 is 5.11 Å². The molecular formula is C18H28N2O. The molecule has 2 heterocycles. The van der Waals surface area contributed by atoms with Gasteiger partial charge in [-0.05, 0) is 62.9 Å². The van der Waals surface area contributed by atoms with E-state index in [1.54, 1.807) is 0 Å². The number of nitrogens with zero attached hydrogens (tertiary/aromatic N) is 1. The van der Waals surface area contributed by atoms with Crippen LogP contribution in [0.15, 0.2) is 24.3 Å². The van der Waals surface area contributed by atoms with Gasteiger partial charge in [-0.1, -0.05) is 31.2 Å². The Balaban J connectivity index is 1.79. The van der Waals surface area contributed by atoms with Crippen molar-refractivity contribution in [3.05, 3.63) is 35.4 Å². The van der Waals surface area contributed by atoms with Crippen molar-refractivity contribution in [3.63, 3.8) is 0 Å². The second-order valence-electron chi connectivity index (χ2n) is 6.63. The van der Waals surface area contributed by atoms with Crippen LogP contribution in [0.2, 0.25) is 0 Å². The molecule has 2 aliphatic heterocycles. The molecule has 0 saturated carbocycles. The van der Waals surface area contributed by atoms with Crippen molar-refractivity contribution in [2.75, 3.05) is 26.2 Å². The van der Waals surface area contributed by atoms with Crippen LogP contribution in [0, 0.1) is 0 Å². The fourth-order valence-corrected chi connectivity index (χ4v) is 4.01. The van der Waals surface area contributed by atoms with Gasteiger partial charge in [-0.15, -0.1) is 0 Å². The van der Waals surface area contributed by atoms with Gasteiger partial charge in [0.1, 0.15) is 0 Å². The fourth-order valence-electron chi connectivity index (χ4n) is 4.01. The molecule has 2 aliphatic rings. The number of fused-ring (bicyclic) bond motifs is 1. The summed E-state index contributed by atoms with van der Waals surface area (Å²) in [6.45, 7) is 6.51. The first-order valence-corrected chi connectivity index (χ1v) is 8.49. The van der Waals surface area contributed by atoms with Crippen LogP contribution >= 0.6 is 0 Å². The number of aliphatic hydroxyl groups is 1. The molecule has 0 bridgehead atoms. The maximum Gasteiger partial charge on any atom is 0.0854 e. The Labute approximate surface area is 128 Å². The third-order valence-electron chi connectivity index (χ3n) is 5.13. The summed E-state index contributed by atoms with van der Waals surface area (Å²) < 4.78 is 0. The van der Waals surface area contributed by atoms with Gasteiger partial charge in [-0.25, -0.2) is 0 Å². The summed E-state index contributed by atoms with van der Waals surface area (Å²) in [4.78, 5) is 2.51. The summed E-state index contributed by atoms with van der Waals surface area (Å²) in [5.74, 6) is 0. The van der Waals surface area contributed by atoms with Gasteiger partial charge in [0.15, 0.2) is 0 Å². The van der Waals surface area contributed by atoms with Gasteiger partial charge < -0.3 is 15.3 Å². The molecule has 1 saturated heterocycles. The Hall–Kier alpha value is -0.900. The smallest absolute Gasteiger partial charge is 0.0854 e. The number of benzene rings is 1. The Bertz CT molecular complexity index is 476. The van der Waals surface area contributed by atoms with E-state index in [1.807, 2.05) is 0 Å². The molecule has 0 aliphatic carbocycles. The highest BCUT2D eigenvalue weighted by Crippen LogP contribution is 2.38. The van der Waals surface area contributed by atoms with E-state index >= 15 is 0 Å². The summed E-state index contributed by atoms with van der Waals surface area (Å²) >= 11 is 0. The molecule has 1 fully saturated rings. The SMILES string of the molecule is CCCN1CCCC(O)(C2NCCc3ccccc32)CC1. The Kier molecular flexibility index (Phi) is 4.63. The zero-order chi connectivity index (χ0) is 14.7. The van der Waals surface area contributed by atoms with Crippen molar-refractivity contribution in [1.82, 2.24) is 10.2 Å². The topological polar surface area (TPSA) is 35.5 Å². The van der Waals surface area contributed by atoms with Crippen LogP contribution in [-0.4, -0.2) is 41.8 Å². The lowest BCUT2D eigenvalue weighted by Crippen LogP contribution is -2.47. The maximum absolute atomic E-state index is 11.3. The summed E-state index contributed by atoms with van der Waals surface area (Å²) in [7, 11) is 0. The first-order valence-electron chi connectivity index (χ1n) is 8.49. The minimum absolute atomic E-state index is 0.101. The number of hydrogen-bond donors (Lipinski definition) is 2. The highest BCUT2D eigenvalue weighted by atomic mass is 16.3. The van der Waals surface area contributed by atoms with Crippen LogP contribution in [0.25, 0.3) is 0 Å². The average molecular weight is 288 g/mol. The predicted molar refractivity (Wildman–Crippen MR) is 86.4 cm³/mol. The third kappa shape index (κ3) is 3.15. The van der Waals surface area contributed by atoms with E-state index in [0.29, 0.717) is 0 Å². The lowest BCUT2D eigenvalue weighted by molar-refractivity contribution is -0.0148. The van der Waals surface area contributed by atoms with Crippen LogP contribution in [0.5, 0.6) is 0 Å². The number of rotatable bonds is 3. The molecule has 0 radical (unpaired) electrons. The number of likely N-dealkylation sites (tertiary alicyclic amines) is 1. The number of hydrogen-bond acceptors (Lipinski definition) is 3. The normalized spacial score (nSPS) is 30.7. The Morgan fingerprint density at radius 1 is 1.29 bits per heavy atom. The lowest BCUT2D eigenvalue weighted by atomic mass is 9.79. The largest absolute Gasteiger partial charge is 0.388 e. The fraction of sp³-hybridized carbons (Fsp3) is 0.667. The van der Waals surface area contributed by atoms with Crippen LogP contribution in [-0.2, 0) is 6.42 Å². The average Bonchev–Trinajstić information content (AvgIpc) is 2.70. The Morgan fingerprint density at radius 2 is 2.14 bits per heavy atom. The lowest BCUT2D eigenvalue weighted by Gasteiger charge is -2.40. The molecule has 0 spiro atoms. The summed E-state index contributed by atoms with van der Waals surface area (Å²) in [5.41, 5.74) is 2.12. The molecule has 21 heavy (non-hydrogen) atoms. The molecule has 116 valence electrons. The first kappa shape index (κ1) is 15.0. The molecule has 0 aromatic heterocycles. The monoisotopic (exact) mass is 288 g/mol. The van der Waals surface area contributed by atoms with Crippen LogP contribution in [0.4, 0.5) is 0 Å². The molecule has 2 N–H and O–H groups in total. The van der Waals surface area contributed by atoms with E-state index in [2.05, 4.69) is 41.4 Å². The third-order valence-corrected chi connectivity index (χ3v) is 5.13. The maximum atomic E-state index is 11.3. The highest BCUT2D eigenvalue weighted by molar-refractivity contribution is 5.34.